The molecule has 0 spiro atoms. The molecular formula is C16H10F5NO4S. The topological polar surface area (TPSA) is 64.6 Å². The smallest absolute Gasteiger partial charge is 0.268 e. The molecule has 27 heavy (non-hydrogen) atoms. The van der Waals surface area contributed by atoms with Crippen molar-refractivity contribution in [2.45, 2.75) is 4.90 Å². The van der Waals surface area contributed by atoms with Crippen LogP contribution in [0.5, 0.6) is 11.5 Å². The van der Waals surface area contributed by atoms with Gasteiger partial charge in [0.15, 0.2) is 33.8 Å². The van der Waals surface area contributed by atoms with Crippen molar-refractivity contribution < 1.29 is 39.8 Å². The van der Waals surface area contributed by atoms with Gasteiger partial charge in [0.05, 0.1) is 12.8 Å². The number of methoxy groups -OCH3 is 1. The highest BCUT2D eigenvalue weighted by atomic mass is 32.2. The van der Waals surface area contributed by atoms with Gasteiger partial charge in [0.25, 0.3) is 10.0 Å². The molecule has 0 aliphatic carbocycles. The summed E-state index contributed by atoms with van der Waals surface area (Å²) in [4.78, 5) is -1.66. The molecule has 2 aromatic carbocycles. The average Bonchev–Trinajstić information content (AvgIpc) is 2.61. The van der Waals surface area contributed by atoms with Crippen molar-refractivity contribution >= 4 is 15.7 Å². The van der Waals surface area contributed by atoms with Gasteiger partial charge >= 0.3 is 0 Å². The van der Waals surface area contributed by atoms with E-state index < -0.39 is 62.0 Å². The van der Waals surface area contributed by atoms with Crippen LogP contribution in [0.1, 0.15) is 0 Å². The first kappa shape index (κ1) is 20.3. The fourth-order valence-corrected chi connectivity index (χ4v) is 3.27. The summed E-state index contributed by atoms with van der Waals surface area (Å²) >= 11 is 0. The van der Waals surface area contributed by atoms with Gasteiger partial charge in [-0.2, -0.15) is 4.39 Å². The van der Waals surface area contributed by atoms with Crippen molar-refractivity contribution in [1.82, 2.24) is 0 Å². The van der Waals surface area contributed by atoms with Crippen molar-refractivity contribution in [3.8, 4) is 23.8 Å². The zero-order valence-electron chi connectivity index (χ0n) is 13.4. The van der Waals surface area contributed by atoms with Crippen molar-refractivity contribution in [1.29, 1.82) is 0 Å². The summed E-state index contributed by atoms with van der Waals surface area (Å²) in [5, 5.41) is 0. The summed E-state index contributed by atoms with van der Waals surface area (Å²) in [5.41, 5.74) is -0.430. The van der Waals surface area contributed by atoms with Crippen LogP contribution in [-0.4, -0.2) is 22.1 Å². The maximum Gasteiger partial charge on any atom is 0.268 e. The van der Waals surface area contributed by atoms with Gasteiger partial charge in [0.1, 0.15) is 6.61 Å². The van der Waals surface area contributed by atoms with E-state index in [4.69, 9.17) is 6.42 Å². The van der Waals surface area contributed by atoms with Crippen LogP contribution in [0.4, 0.5) is 27.6 Å². The number of sulfonamides is 1. The lowest BCUT2D eigenvalue weighted by atomic mass is 10.3. The molecule has 0 heterocycles. The van der Waals surface area contributed by atoms with E-state index in [-0.39, 0.29) is 5.75 Å². The molecule has 0 saturated carbocycles. The average molecular weight is 407 g/mol. The maximum atomic E-state index is 14.1. The lowest BCUT2D eigenvalue weighted by Crippen LogP contribution is -2.19. The molecule has 11 heteroatoms. The van der Waals surface area contributed by atoms with E-state index in [0.717, 1.165) is 19.2 Å². The maximum absolute atomic E-state index is 14.1. The molecule has 0 atom stereocenters. The fourth-order valence-electron chi connectivity index (χ4n) is 2.01. The Balaban J connectivity index is 2.61. The van der Waals surface area contributed by atoms with Crippen LogP contribution >= 0.6 is 0 Å². The first-order chi connectivity index (χ1) is 12.6. The molecule has 0 radical (unpaired) electrons. The molecule has 1 N–H and O–H groups in total. The Bertz CT molecular complexity index is 1030. The summed E-state index contributed by atoms with van der Waals surface area (Å²) in [6.07, 6.45) is 4.88. The molecule has 0 saturated heterocycles. The number of terminal acetylenes is 1. The van der Waals surface area contributed by atoms with E-state index >= 15 is 0 Å². The van der Waals surface area contributed by atoms with Gasteiger partial charge in [-0.3, -0.25) is 4.72 Å². The van der Waals surface area contributed by atoms with Crippen molar-refractivity contribution in [3.05, 3.63) is 47.3 Å². The van der Waals surface area contributed by atoms with Crippen LogP contribution < -0.4 is 14.2 Å². The highest BCUT2D eigenvalue weighted by molar-refractivity contribution is 7.92. The number of benzene rings is 2. The van der Waals surface area contributed by atoms with Gasteiger partial charge in [0.2, 0.25) is 11.6 Å². The Labute approximate surface area is 150 Å². The second-order valence-electron chi connectivity index (χ2n) is 4.86. The van der Waals surface area contributed by atoms with Crippen LogP contribution in [0.15, 0.2) is 23.1 Å². The Morgan fingerprint density at radius 1 is 1.07 bits per heavy atom. The Morgan fingerprint density at radius 3 is 2.26 bits per heavy atom. The Morgan fingerprint density at radius 2 is 1.70 bits per heavy atom. The molecule has 0 aromatic heterocycles. The lowest BCUT2D eigenvalue weighted by molar-refractivity contribution is 0.306. The highest BCUT2D eigenvalue weighted by Crippen LogP contribution is 2.35. The third-order valence-corrected chi connectivity index (χ3v) is 4.56. The van der Waals surface area contributed by atoms with Crippen LogP contribution in [0.2, 0.25) is 0 Å². The zero-order chi connectivity index (χ0) is 20.4. The summed E-state index contributed by atoms with van der Waals surface area (Å²) in [7, 11) is -3.91. The lowest BCUT2D eigenvalue weighted by Gasteiger charge is -2.15. The van der Waals surface area contributed by atoms with Gasteiger partial charge in [-0.15, -0.1) is 6.42 Å². The van der Waals surface area contributed by atoms with Gasteiger partial charge < -0.3 is 9.47 Å². The minimum atomic E-state index is -5.08. The number of halogens is 5. The number of nitrogens with one attached hydrogen (secondary N) is 1. The van der Waals surface area contributed by atoms with Gasteiger partial charge in [-0.1, -0.05) is 5.92 Å². The number of rotatable bonds is 6. The van der Waals surface area contributed by atoms with Crippen molar-refractivity contribution in [2.24, 2.45) is 0 Å². The molecular weight excluding hydrogens is 397 g/mol. The summed E-state index contributed by atoms with van der Waals surface area (Å²) in [6, 6.07) is 2.76. The molecule has 2 aromatic rings. The molecule has 0 amide bonds. The quantitative estimate of drug-likeness (QED) is 0.346. The van der Waals surface area contributed by atoms with Crippen LogP contribution in [0.25, 0.3) is 0 Å². The zero-order valence-corrected chi connectivity index (χ0v) is 14.3. The Kier molecular flexibility index (Phi) is 5.80. The van der Waals surface area contributed by atoms with Gasteiger partial charge in [-0.25, -0.2) is 26.0 Å². The van der Waals surface area contributed by atoms with E-state index in [1.807, 2.05) is 5.92 Å². The number of ether oxygens (including phenoxy) is 2. The van der Waals surface area contributed by atoms with E-state index in [9.17, 15) is 30.4 Å². The predicted molar refractivity (Wildman–Crippen MR) is 84.4 cm³/mol. The molecule has 0 fully saturated rings. The first-order valence-electron chi connectivity index (χ1n) is 6.92. The van der Waals surface area contributed by atoms with Crippen LogP contribution in [0, 0.1) is 41.4 Å². The third-order valence-electron chi connectivity index (χ3n) is 3.16. The molecule has 5 nitrogen and oxygen atoms in total. The van der Waals surface area contributed by atoms with Crippen molar-refractivity contribution in [3.63, 3.8) is 0 Å². The van der Waals surface area contributed by atoms with E-state index in [1.165, 1.54) is 0 Å². The predicted octanol–water partition coefficient (Wildman–Crippen LogP) is 3.20. The normalized spacial score (nSPS) is 11.0. The molecule has 0 bridgehead atoms. The fraction of sp³-hybridized carbons (Fsp3) is 0.125. The SMILES string of the molecule is C#CCOc1c(F)c(F)c(F)c(F)c1S(=O)(=O)Nc1ccc(OC)c(F)c1. The number of hydrogen-bond acceptors (Lipinski definition) is 4. The third kappa shape index (κ3) is 3.90. The minimum absolute atomic E-state index is 0.221. The standard InChI is InChI=1S/C16H10F5NO4S/c1-3-6-26-15-13(20)11(18)12(19)14(21)16(15)27(23,24)22-8-4-5-10(25-2)9(17)7-8/h1,4-5,7,22H,6H2,2H3. The number of hydrogen-bond donors (Lipinski definition) is 1. The molecule has 0 aliphatic heterocycles. The second-order valence-corrected chi connectivity index (χ2v) is 6.48. The van der Waals surface area contributed by atoms with E-state index in [2.05, 4.69) is 9.47 Å². The number of anilines is 1. The molecule has 144 valence electrons. The molecule has 0 unspecified atom stereocenters. The highest BCUT2D eigenvalue weighted by Gasteiger charge is 2.34. The van der Waals surface area contributed by atoms with Gasteiger partial charge in [-0.05, 0) is 12.1 Å². The van der Waals surface area contributed by atoms with Crippen molar-refractivity contribution in [2.75, 3.05) is 18.4 Å². The Hall–Kier alpha value is -3.00. The summed E-state index contributed by atoms with van der Waals surface area (Å²) < 4.78 is 104. The summed E-state index contributed by atoms with van der Waals surface area (Å²) in [6.45, 7) is -0.763. The van der Waals surface area contributed by atoms with Crippen LogP contribution in [-0.2, 0) is 10.0 Å². The van der Waals surface area contributed by atoms with Crippen LogP contribution in [0.3, 0.4) is 0 Å². The second kappa shape index (κ2) is 7.71. The monoisotopic (exact) mass is 407 g/mol. The largest absolute Gasteiger partial charge is 0.494 e. The first-order valence-corrected chi connectivity index (χ1v) is 8.41. The molecule has 0 aliphatic rings. The molecule has 2 rings (SSSR count). The summed E-state index contributed by atoms with van der Waals surface area (Å²) in [5.74, 6) is -9.79. The van der Waals surface area contributed by atoms with Gasteiger partial charge in [0, 0.05) is 6.07 Å². The minimum Gasteiger partial charge on any atom is -0.494 e. The van der Waals surface area contributed by atoms with E-state index in [0.29, 0.717) is 6.07 Å². The van der Waals surface area contributed by atoms with E-state index in [1.54, 1.807) is 4.72 Å².